The van der Waals surface area contributed by atoms with Gasteiger partial charge in [-0.15, -0.1) is 0 Å². The lowest BCUT2D eigenvalue weighted by atomic mass is 10.2. The van der Waals surface area contributed by atoms with Gasteiger partial charge >= 0.3 is 0 Å². The molecule has 0 radical (unpaired) electrons. The number of hydrogen-bond donors (Lipinski definition) is 0. The van der Waals surface area contributed by atoms with E-state index in [9.17, 15) is 5.11 Å². The van der Waals surface area contributed by atoms with Crippen LogP contribution in [0, 0.1) is 0 Å². The summed E-state index contributed by atoms with van der Waals surface area (Å²) >= 11 is 6.13. The first-order chi connectivity index (χ1) is 10.5. The third kappa shape index (κ3) is 4.23. The highest BCUT2D eigenvalue weighted by molar-refractivity contribution is 7.49. The van der Waals surface area contributed by atoms with E-state index < -0.39 is 0 Å². The molecule has 0 aliphatic heterocycles. The van der Waals surface area contributed by atoms with E-state index in [0.29, 0.717) is 24.5 Å². The lowest BCUT2D eigenvalue weighted by Gasteiger charge is -2.17. The van der Waals surface area contributed by atoms with Gasteiger partial charge in [0.1, 0.15) is 11.5 Å². The first-order valence-corrected chi connectivity index (χ1v) is 8.13. The van der Waals surface area contributed by atoms with Crippen molar-refractivity contribution in [3.63, 3.8) is 0 Å². The maximum atomic E-state index is 12.5. The lowest BCUT2D eigenvalue weighted by Crippen LogP contribution is -2.19. The topological polar surface area (TPSA) is 41.5 Å². The molecule has 0 atom stereocenters. The summed E-state index contributed by atoms with van der Waals surface area (Å²) in [7, 11) is 2.07. The van der Waals surface area contributed by atoms with E-state index in [0.717, 1.165) is 11.1 Å². The molecule has 2 aromatic rings. The normalized spacial score (nSPS) is 11.6. The van der Waals surface area contributed by atoms with Crippen LogP contribution in [-0.4, -0.2) is 18.7 Å². The molecule has 0 amide bonds. The van der Waals surface area contributed by atoms with Crippen molar-refractivity contribution in [2.45, 2.75) is 20.0 Å². The van der Waals surface area contributed by atoms with Crippen LogP contribution in [-0.2, 0) is 0 Å². The zero-order chi connectivity index (χ0) is 16.1. The zero-order valence-corrected chi connectivity index (χ0v) is 14.3. The summed E-state index contributed by atoms with van der Waals surface area (Å²) in [5.74, 6) is 1.28. The number of halogens is 1. The Morgan fingerprint density at radius 1 is 1.14 bits per heavy atom. The third-order valence-electron chi connectivity index (χ3n) is 2.85. The van der Waals surface area contributed by atoms with Crippen molar-refractivity contribution in [3.8, 4) is 11.5 Å². The Hall–Kier alpha value is -1.54. The summed E-state index contributed by atoms with van der Waals surface area (Å²) in [5, 5.41) is 13.7. The molecular formula is C17H17ClO3P-. The van der Waals surface area contributed by atoms with Crippen LogP contribution in [0.25, 0.3) is 0 Å². The number of methoxy groups -OCH3 is 1. The van der Waals surface area contributed by atoms with Crippen LogP contribution in [0.5, 0.6) is 11.5 Å². The molecule has 116 valence electrons. The molecule has 2 rings (SSSR count). The summed E-state index contributed by atoms with van der Waals surface area (Å²) in [6.07, 6.45) is 0.123. The Labute approximate surface area is 137 Å². The quantitative estimate of drug-likeness (QED) is 0.788. The van der Waals surface area contributed by atoms with E-state index in [4.69, 9.17) is 21.1 Å². The van der Waals surface area contributed by atoms with Gasteiger partial charge in [-0.2, -0.15) is 0 Å². The van der Waals surface area contributed by atoms with Crippen LogP contribution < -0.4 is 19.9 Å². The molecule has 22 heavy (non-hydrogen) atoms. The standard InChI is InChI=1S/C17H18ClO3P/c1-11(2)21-12-7-9-13(10-8-12)22-17(19)16-14(18)5-4-6-15(16)20-3/h4-11,19H,1-3H3/p-1. The molecule has 5 heteroatoms. The fourth-order valence-corrected chi connectivity index (χ4v) is 3.12. The second-order valence-electron chi connectivity index (χ2n) is 4.89. The van der Waals surface area contributed by atoms with Crippen LogP contribution in [0.4, 0.5) is 0 Å². The summed E-state index contributed by atoms with van der Waals surface area (Å²) < 4.78 is 10.8. The minimum Gasteiger partial charge on any atom is -0.823 e. The van der Waals surface area contributed by atoms with Gasteiger partial charge in [-0.25, -0.2) is 0 Å². The number of rotatable bonds is 5. The first kappa shape index (κ1) is 16.8. The fourth-order valence-electron chi connectivity index (χ4n) is 1.93. The lowest BCUT2D eigenvalue weighted by molar-refractivity contribution is -0.207. The van der Waals surface area contributed by atoms with E-state index >= 15 is 0 Å². The second-order valence-corrected chi connectivity index (χ2v) is 6.45. The summed E-state index contributed by atoms with van der Waals surface area (Å²) in [6, 6.07) is 12.6. The second kappa shape index (κ2) is 7.64. The van der Waals surface area contributed by atoms with Crippen LogP contribution in [0.1, 0.15) is 19.4 Å². The highest BCUT2D eigenvalue weighted by Crippen LogP contribution is 2.27. The highest BCUT2D eigenvalue weighted by Gasteiger charge is 2.06. The Morgan fingerprint density at radius 3 is 2.41 bits per heavy atom. The van der Waals surface area contributed by atoms with Crippen molar-refractivity contribution >= 4 is 30.6 Å². The van der Waals surface area contributed by atoms with Gasteiger partial charge in [-0.1, -0.05) is 31.4 Å². The van der Waals surface area contributed by atoms with E-state index in [1.54, 1.807) is 18.2 Å². The Morgan fingerprint density at radius 2 is 1.82 bits per heavy atom. The number of hydrogen-bond acceptors (Lipinski definition) is 3. The van der Waals surface area contributed by atoms with E-state index in [1.807, 2.05) is 38.1 Å². The molecule has 0 heterocycles. The molecule has 0 fully saturated rings. The predicted molar refractivity (Wildman–Crippen MR) is 90.9 cm³/mol. The van der Waals surface area contributed by atoms with E-state index in [2.05, 4.69) is 0 Å². The van der Waals surface area contributed by atoms with Crippen molar-refractivity contribution in [1.29, 1.82) is 0 Å². The Balaban J connectivity index is 2.29. The van der Waals surface area contributed by atoms with Gasteiger partial charge in [0.2, 0.25) is 0 Å². The molecule has 0 spiro atoms. The molecule has 0 N–H and O–H groups in total. The molecular weight excluding hydrogens is 319 g/mol. The van der Waals surface area contributed by atoms with E-state index in [-0.39, 0.29) is 11.6 Å². The van der Waals surface area contributed by atoms with Crippen molar-refractivity contribution in [2.24, 2.45) is 0 Å². The van der Waals surface area contributed by atoms with Crippen LogP contribution in [0.15, 0.2) is 42.5 Å². The molecule has 3 nitrogen and oxygen atoms in total. The zero-order valence-electron chi connectivity index (χ0n) is 12.7. The molecule has 0 saturated heterocycles. The smallest absolute Gasteiger partial charge is 0.126 e. The minimum absolute atomic E-state index is 0.0972. The summed E-state index contributed by atoms with van der Waals surface area (Å²) in [5.41, 5.74) is 0.316. The molecule has 0 bridgehead atoms. The first-order valence-electron chi connectivity index (χ1n) is 6.86. The minimum atomic E-state index is -0.0972. The molecule has 0 saturated carbocycles. The van der Waals surface area contributed by atoms with Gasteiger partial charge < -0.3 is 14.6 Å². The predicted octanol–water partition coefficient (Wildman–Crippen LogP) is 3.25. The van der Waals surface area contributed by atoms with Crippen molar-refractivity contribution in [3.05, 3.63) is 53.1 Å². The van der Waals surface area contributed by atoms with Gasteiger partial charge in [-0.3, -0.25) is 0 Å². The molecule has 0 unspecified atom stereocenters. The largest absolute Gasteiger partial charge is 0.823 e. The Bertz CT molecular complexity index is 666. The van der Waals surface area contributed by atoms with Crippen LogP contribution >= 0.6 is 19.8 Å². The average Bonchev–Trinajstić information content (AvgIpc) is 2.48. The third-order valence-corrected chi connectivity index (χ3v) is 4.15. The van der Waals surface area contributed by atoms with Gasteiger partial charge in [0.15, 0.2) is 0 Å². The van der Waals surface area contributed by atoms with Crippen molar-refractivity contribution < 1.29 is 14.6 Å². The fraction of sp³-hybridized carbons (Fsp3) is 0.235. The maximum Gasteiger partial charge on any atom is 0.126 e. The van der Waals surface area contributed by atoms with Crippen molar-refractivity contribution in [2.75, 3.05) is 7.11 Å². The maximum absolute atomic E-state index is 12.5. The number of ether oxygens (including phenoxy) is 2. The molecule has 0 aliphatic carbocycles. The van der Waals surface area contributed by atoms with Crippen LogP contribution in [0.2, 0.25) is 5.02 Å². The Kier molecular flexibility index (Phi) is 5.84. The summed E-state index contributed by atoms with van der Waals surface area (Å²) in [6.45, 7) is 3.94. The molecule has 0 aliphatic rings. The van der Waals surface area contributed by atoms with E-state index in [1.165, 1.54) is 7.11 Å². The van der Waals surface area contributed by atoms with Gasteiger partial charge in [-0.05, 0) is 50.2 Å². The monoisotopic (exact) mass is 335 g/mol. The summed E-state index contributed by atoms with van der Waals surface area (Å²) in [4.78, 5) is 0. The van der Waals surface area contributed by atoms with Crippen molar-refractivity contribution in [1.82, 2.24) is 0 Å². The SMILES string of the molecule is COc1cccc(Cl)c1C([O-])=Pc1ccc(OC(C)C)cc1. The van der Waals surface area contributed by atoms with Crippen LogP contribution in [0.3, 0.4) is 0 Å². The van der Waals surface area contributed by atoms with Gasteiger partial charge in [0.25, 0.3) is 0 Å². The molecule has 2 aromatic carbocycles. The molecule has 0 aromatic heterocycles. The van der Waals surface area contributed by atoms with Gasteiger partial charge in [0.05, 0.1) is 18.2 Å². The highest BCUT2D eigenvalue weighted by atomic mass is 35.5. The van der Waals surface area contributed by atoms with Gasteiger partial charge in [0, 0.05) is 10.9 Å². The average molecular weight is 336 g/mol. The number of benzene rings is 2.